The second-order valence-electron chi connectivity index (χ2n) is 4.60. The third-order valence-electron chi connectivity index (χ3n) is 2.83. The van der Waals surface area contributed by atoms with Crippen LogP contribution in [0.4, 0.5) is 5.13 Å². The molecule has 3 nitrogen and oxygen atoms in total. The van der Waals surface area contributed by atoms with E-state index in [1.54, 1.807) is 11.3 Å². The van der Waals surface area contributed by atoms with Gasteiger partial charge in [-0.3, -0.25) is 4.79 Å². The third-order valence-corrected chi connectivity index (χ3v) is 3.75. The van der Waals surface area contributed by atoms with Gasteiger partial charge in [-0.1, -0.05) is 30.7 Å². The van der Waals surface area contributed by atoms with Crippen molar-refractivity contribution in [3.05, 3.63) is 23.3 Å². The van der Waals surface area contributed by atoms with E-state index in [0.717, 1.165) is 28.6 Å². The fourth-order valence-corrected chi connectivity index (χ4v) is 3.00. The van der Waals surface area contributed by atoms with E-state index in [0.29, 0.717) is 11.6 Å². The number of aryl methyl sites for hydroxylation is 2. The lowest BCUT2D eigenvalue weighted by atomic mass is 10.1. The van der Waals surface area contributed by atoms with Crippen LogP contribution in [0.5, 0.6) is 0 Å². The van der Waals surface area contributed by atoms with Crippen molar-refractivity contribution >= 4 is 32.6 Å². The molecule has 0 spiro atoms. The summed E-state index contributed by atoms with van der Waals surface area (Å²) in [4.78, 5) is 16.1. The topological polar surface area (TPSA) is 42.0 Å². The van der Waals surface area contributed by atoms with Crippen molar-refractivity contribution in [2.75, 3.05) is 5.32 Å². The Morgan fingerprint density at radius 2 is 2.17 bits per heavy atom. The van der Waals surface area contributed by atoms with E-state index in [2.05, 4.69) is 43.2 Å². The maximum absolute atomic E-state index is 11.7. The van der Waals surface area contributed by atoms with Gasteiger partial charge < -0.3 is 5.32 Å². The molecule has 96 valence electrons. The van der Waals surface area contributed by atoms with E-state index in [9.17, 15) is 4.79 Å². The molecule has 0 aliphatic rings. The molecular formula is C14H18N2OS. The number of hydrogen-bond donors (Lipinski definition) is 1. The van der Waals surface area contributed by atoms with Gasteiger partial charge in [0.25, 0.3) is 0 Å². The molecule has 1 N–H and O–H groups in total. The zero-order valence-electron chi connectivity index (χ0n) is 11.0. The maximum Gasteiger partial charge on any atom is 0.226 e. The van der Waals surface area contributed by atoms with Crippen LogP contribution in [-0.2, 0) is 4.79 Å². The predicted molar refractivity (Wildman–Crippen MR) is 77.2 cm³/mol. The summed E-state index contributed by atoms with van der Waals surface area (Å²) in [5, 5.41) is 3.59. The van der Waals surface area contributed by atoms with E-state index in [-0.39, 0.29) is 5.91 Å². The van der Waals surface area contributed by atoms with Crippen molar-refractivity contribution in [1.29, 1.82) is 0 Å². The number of nitrogens with zero attached hydrogens (tertiary/aromatic N) is 1. The number of rotatable bonds is 4. The molecule has 0 saturated heterocycles. The molecule has 2 aromatic rings. The van der Waals surface area contributed by atoms with Crippen molar-refractivity contribution in [2.24, 2.45) is 0 Å². The van der Waals surface area contributed by atoms with Gasteiger partial charge in [-0.25, -0.2) is 4.98 Å². The molecule has 0 radical (unpaired) electrons. The Kier molecular flexibility index (Phi) is 3.97. The number of unbranched alkanes of at least 4 members (excludes halogenated alkanes) is 1. The largest absolute Gasteiger partial charge is 0.302 e. The van der Waals surface area contributed by atoms with E-state index in [1.807, 2.05) is 0 Å². The van der Waals surface area contributed by atoms with Gasteiger partial charge in [-0.05, 0) is 37.5 Å². The van der Waals surface area contributed by atoms with Crippen molar-refractivity contribution in [3.8, 4) is 0 Å². The molecule has 0 aliphatic carbocycles. The SMILES string of the molecule is CCCCC(=O)Nc1nc2c(C)cc(C)cc2s1. The first-order valence-corrected chi connectivity index (χ1v) is 7.09. The van der Waals surface area contributed by atoms with Gasteiger partial charge in [0.1, 0.15) is 0 Å². The molecule has 1 amide bonds. The lowest BCUT2D eigenvalue weighted by Gasteiger charge is -1.99. The minimum atomic E-state index is 0.0604. The van der Waals surface area contributed by atoms with Crippen LogP contribution in [0, 0.1) is 13.8 Å². The molecule has 0 fully saturated rings. The van der Waals surface area contributed by atoms with Crippen molar-refractivity contribution in [2.45, 2.75) is 40.0 Å². The Hall–Kier alpha value is -1.42. The highest BCUT2D eigenvalue weighted by molar-refractivity contribution is 7.22. The average molecular weight is 262 g/mol. The minimum Gasteiger partial charge on any atom is -0.302 e. The van der Waals surface area contributed by atoms with Crippen LogP contribution in [0.25, 0.3) is 10.2 Å². The van der Waals surface area contributed by atoms with E-state index in [4.69, 9.17) is 0 Å². The maximum atomic E-state index is 11.7. The highest BCUT2D eigenvalue weighted by Gasteiger charge is 2.09. The molecule has 0 atom stereocenters. The van der Waals surface area contributed by atoms with Gasteiger partial charge in [0, 0.05) is 6.42 Å². The van der Waals surface area contributed by atoms with Gasteiger partial charge in [0.15, 0.2) is 5.13 Å². The number of hydrogen-bond acceptors (Lipinski definition) is 3. The van der Waals surface area contributed by atoms with Gasteiger partial charge in [0.2, 0.25) is 5.91 Å². The first-order valence-electron chi connectivity index (χ1n) is 6.27. The molecule has 1 aromatic carbocycles. The first kappa shape index (κ1) is 13.0. The zero-order chi connectivity index (χ0) is 13.1. The molecule has 0 unspecified atom stereocenters. The molecule has 2 rings (SSSR count). The summed E-state index contributed by atoms with van der Waals surface area (Å²) in [6.07, 6.45) is 2.53. The normalized spacial score (nSPS) is 10.8. The number of fused-ring (bicyclic) bond motifs is 1. The lowest BCUT2D eigenvalue weighted by Crippen LogP contribution is -2.10. The van der Waals surface area contributed by atoms with Crippen LogP contribution in [0.3, 0.4) is 0 Å². The number of aromatic nitrogens is 1. The van der Waals surface area contributed by atoms with Crippen LogP contribution in [0.1, 0.15) is 37.3 Å². The van der Waals surface area contributed by atoms with Gasteiger partial charge in [-0.2, -0.15) is 0 Å². The molecule has 18 heavy (non-hydrogen) atoms. The number of carbonyl (C=O) groups is 1. The fraction of sp³-hybridized carbons (Fsp3) is 0.429. The highest BCUT2D eigenvalue weighted by Crippen LogP contribution is 2.29. The monoisotopic (exact) mass is 262 g/mol. The summed E-state index contributed by atoms with van der Waals surface area (Å²) in [7, 11) is 0. The fourth-order valence-electron chi connectivity index (χ4n) is 1.94. The zero-order valence-corrected chi connectivity index (χ0v) is 11.9. The van der Waals surface area contributed by atoms with E-state index in [1.165, 1.54) is 5.56 Å². The predicted octanol–water partition coefficient (Wildman–Crippen LogP) is 4.04. The molecule has 4 heteroatoms. The number of benzene rings is 1. The van der Waals surface area contributed by atoms with Crippen molar-refractivity contribution < 1.29 is 4.79 Å². The van der Waals surface area contributed by atoms with E-state index >= 15 is 0 Å². The standard InChI is InChI=1S/C14H18N2OS/c1-4-5-6-12(17)15-14-16-13-10(3)7-9(2)8-11(13)18-14/h7-8H,4-6H2,1-3H3,(H,15,16,17). The second-order valence-corrected chi connectivity index (χ2v) is 5.63. The number of nitrogens with one attached hydrogen (secondary N) is 1. The van der Waals surface area contributed by atoms with Crippen molar-refractivity contribution in [1.82, 2.24) is 4.98 Å². The van der Waals surface area contributed by atoms with Crippen LogP contribution < -0.4 is 5.32 Å². The Bertz CT molecular complexity index is 574. The minimum absolute atomic E-state index is 0.0604. The van der Waals surface area contributed by atoms with Crippen LogP contribution in [0.15, 0.2) is 12.1 Å². The summed E-state index contributed by atoms with van der Waals surface area (Å²) in [5.74, 6) is 0.0604. The Morgan fingerprint density at radius 1 is 1.39 bits per heavy atom. The number of carbonyl (C=O) groups excluding carboxylic acids is 1. The molecular weight excluding hydrogens is 244 g/mol. The Morgan fingerprint density at radius 3 is 2.89 bits per heavy atom. The average Bonchev–Trinajstić information content (AvgIpc) is 2.69. The molecule has 1 aromatic heterocycles. The summed E-state index contributed by atoms with van der Waals surface area (Å²) >= 11 is 1.54. The highest BCUT2D eigenvalue weighted by atomic mass is 32.1. The molecule has 0 saturated carbocycles. The Labute approximate surface area is 111 Å². The summed E-state index contributed by atoms with van der Waals surface area (Å²) in [6, 6.07) is 4.23. The van der Waals surface area contributed by atoms with Gasteiger partial charge in [0.05, 0.1) is 10.2 Å². The second kappa shape index (κ2) is 5.48. The van der Waals surface area contributed by atoms with Crippen LogP contribution >= 0.6 is 11.3 Å². The van der Waals surface area contributed by atoms with Gasteiger partial charge >= 0.3 is 0 Å². The third kappa shape index (κ3) is 2.88. The smallest absolute Gasteiger partial charge is 0.226 e. The van der Waals surface area contributed by atoms with Gasteiger partial charge in [-0.15, -0.1) is 0 Å². The van der Waals surface area contributed by atoms with Crippen LogP contribution in [0.2, 0.25) is 0 Å². The summed E-state index contributed by atoms with van der Waals surface area (Å²) in [6.45, 7) is 6.21. The summed E-state index contributed by atoms with van der Waals surface area (Å²) < 4.78 is 1.14. The Balaban J connectivity index is 2.20. The molecule has 0 aliphatic heterocycles. The molecule has 0 bridgehead atoms. The molecule has 1 heterocycles. The number of amides is 1. The van der Waals surface area contributed by atoms with Crippen molar-refractivity contribution in [3.63, 3.8) is 0 Å². The number of anilines is 1. The van der Waals surface area contributed by atoms with E-state index < -0.39 is 0 Å². The van der Waals surface area contributed by atoms with Crippen LogP contribution in [-0.4, -0.2) is 10.9 Å². The summed E-state index contributed by atoms with van der Waals surface area (Å²) in [5.41, 5.74) is 3.39. The first-order chi connectivity index (χ1) is 8.60. The number of thiazole rings is 1. The lowest BCUT2D eigenvalue weighted by molar-refractivity contribution is -0.116. The quantitative estimate of drug-likeness (QED) is 0.903.